The Labute approximate surface area is 124 Å². The highest BCUT2D eigenvalue weighted by Crippen LogP contribution is 2.24. The predicted molar refractivity (Wildman–Crippen MR) is 79.7 cm³/mol. The first kappa shape index (κ1) is 15.1. The maximum absolute atomic E-state index is 11.3. The number of carbonyl (C=O) groups is 1. The van der Waals surface area contributed by atoms with Gasteiger partial charge in [-0.25, -0.2) is 9.78 Å². The van der Waals surface area contributed by atoms with E-state index in [9.17, 15) is 9.90 Å². The number of hydrogen-bond acceptors (Lipinski definition) is 4. The number of carboxylic acid groups (broad SMARTS) is 1. The van der Waals surface area contributed by atoms with Crippen LogP contribution in [0.3, 0.4) is 0 Å². The first-order valence-corrected chi connectivity index (χ1v) is 7.06. The second-order valence-corrected chi connectivity index (χ2v) is 6.34. The molecule has 1 aliphatic rings. The topological polar surface area (TPSA) is 56.7 Å². The monoisotopic (exact) mass is 297 g/mol. The van der Waals surface area contributed by atoms with E-state index in [1.807, 2.05) is 4.90 Å². The summed E-state index contributed by atoms with van der Waals surface area (Å²) < 4.78 is 0. The highest BCUT2D eigenvalue weighted by Gasteiger charge is 2.28. The molecule has 1 aromatic heterocycles. The molecule has 0 saturated carbocycles. The minimum atomic E-state index is -0.970. The van der Waals surface area contributed by atoms with Gasteiger partial charge in [0, 0.05) is 31.7 Å². The van der Waals surface area contributed by atoms with Crippen LogP contribution in [0.15, 0.2) is 12.1 Å². The van der Waals surface area contributed by atoms with Gasteiger partial charge in [0.2, 0.25) is 0 Å². The fourth-order valence-electron chi connectivity index (χ4n) is 2.42. The van der Waals surface area contributed by atoms with Gasteiger partial charge < -0.3 is 10.0 Å². The molecule has 0 amide bonds. The van der Waals surface area contributed by atoms with E-state index in [2.05, 4.69) is 30.7 Å². The van der Waals surface area contributed by atoms with Gasteiger partial charge in [0.25, 0.3) is 0 Å². The van der Waals surface area contributed by atoms with Crippen molar-refractivity contribution in [1.82, 2.24) is 9.88 Å². The quantitative estimate of drug-likeness (QED) is 0.849. The van der Waals surface area contributed by atoms with E-state index in [4.69, 9.17) is 11.6 Å². The van der Waals surface area contributed by atoms with Gasteiger partial charge in [0.05, 0.1) is 0 Å². The summed E-state index contributed by atoms with van der Waals surface area (Å²) >= 11 is 5.90. The number of aromatic nitrogens is 1. The van der Waals surface area contributed by atoms with Crippen molar-refractivity contribution in [3.8, 4) is 0 Å². The zero-order chi connectivity index (χ0) is 14.9. The van der Waals surface area contributed by atoms with Gasteiger partial charge in [-0.3, -0.25) is 4.90 Å². The van der Waals surface area contributed by atoms with Crippen molar-refractivity contribution in [1.29, 1.82) is 0 Å². The lowest BCUT2D eigenvalue weighted by Crippen LogP contribution is -2.53. The van der Waals surface area contributed by atoms with Crippen LogP contribution in [-0.4, -0.2) is 52.7 Å². The number of hydrogen-bond donors (Lipinski definition) is 1. The van der Waals surface area contributed by atoms with Crippen LogP contribution in [-0.2, 0) is 0 Å². The van der Waals surface area contributed by atoms with Crippen molar-refractivity contribution in [3.05, 3.63) is 22.8 Å². The van der Waals surface area contributed by atoms with Crippen LogP contribution in [0.1, 0.15) is 31.1 Å². The molecule has 0 aromatic carbocycles. The third-order valence-corrected chi connectivity index (χ3v) is 3.81. The summed E-state index contributed by atoms with van der Waals surface area (Å²) in [6.07, 6.45) is 0. The van der Waals surface area contributed by atoms with Crippen molar-refractivity contribution in [2.45, 2.75) is 26.3 Å². The summed E-state index contributed by atoms with van der Waals surface area (Å²) in [5.41, 5.74) is 0.335. The van der Waals surface area contributed by atoms with Gasteiger partial charge in [-0.1, -0.05) is 11.6 Å². The highest BCUT2D eigenvalue weighted by molar-refractivity contribution is 6.29. The fraction of sp³-hybridized carbons (Fsp3) is 0.571. The Morgan fingerprint density at radius 3 is 2.35 bits per heavy atom. The number of halogens is 1. The summed E-state index contributed by atoms with van der Waals surface area (Å²) in [5, 5.41) is 9.57. The van der Waals surface area contributed by atoms with Crippen molar-refractivity contribution in [3.63, 3.8) is 0 Å². The number of pyridine rings is 1. The number of rotatable bonds is 2. The second kappa shape index (κ2) is 5.58. The van der Waals surface area contributed by atoms with E-state index < -0.39 is 5.97 Å². The van der Waals surface area contributed by atoms with Crippen LogP contribution in [0.2, 0.25) is 5.15 Å². The Bertz CT molecular complexity index is 506. The minimum absolute atomic E-state index is 0.128. The van der Waals surface area contributed by atoms with E-state index in [1.165, 1.54) is 12.1 Å². The number of carboxylic acids is 1. The first-order chi connectivity index (χ1) is 9.29. The summed E-state index contributed by atoms with van der Waals surface area (Å²) in [5.74, 6) is -0.499. The Balaban J connectivity index is 2.18. The van der Waals surface area contributed by atoms with Gasteiger partial charge >= 0.3 is 5.97 Å². The Kier molecular flexibility index (Phi) is 4.20. The zero-order valence-electron chi connectivity index (χ0n) is 12.1. The summed E-state index contributed by atoms with van der Waals surface area (Å²) in [7, 11) is 0. The number of piperazine rings is 1. The third-order valence-electron chi connectivity index (χ3n) is 3.60. The largest absolute Gasteiger partial charge is 0.478 e. The maximum atomic E-state index is 11.3. The van der Waals surface area contributed by atoms with Gasteiger partial charge in [0.15, 0.2) is 0 Å². The Hall–Kier alpha value is -1.33. The minimum Gasteiger partial charge on any atom is -0.478 e. The molecule has 1 saturated heterocycles. The molecule has 6 heteroatoms. The van der Waals surface area contributed by atoms with Crippen LogP contribution < -0.4 is 4.90 Å². The van der Waals surface area contributed by atoms with Crippen molar-refractivity contribution < 1.29 is 9.90 Å². The lowest BCUT2D eigenvalue weighted by molar-refractivity contribution is 0.0696. The lowest BCUT2D eigenvalue weighted by Gasteiger charge is -2.42. The van der Waals surface area contributed by atoms with Crippen LogP contribution in [0.5, 0.6) is 0 Å². The molecule has 0 atom stereocenters. The van der Waals surface area contributed by atoms with E-state index in [0.29, 0.717) is 11.0 Å². The van der Waals surface area contributed by atoms with Gasteiger partial charge in [0.1, 0.15) is 16.5 Å². The Morgan fingerprint density at radius 2 is 1.85 bits per heavy atom. The molecule has 0 spiro atoms. The fourth-order valence-corrected chi connectivity index (χ4v) is 2.57. The second-order valence-electron chi connectivity index (χ2n) is 5.96. The SMILES string of the molecule is CC(C)(C)N1CCN(c2nc(Cl)ccc2C(=O)O)CC1. The van der Waals surface area contributed by atoms with Gasteiger partial charge in [-0.15, -0.1) is 0 Å². The number of aromatic carboxylic acids is 1. The number of nitrogens with zero attached hydrogens (tertiary/aromatic N) is 3. The van der Waals surface area contributed by atoms with Crippen molar-refractivity contribution in [2.24, 2.45) is 0 Å². The zero-order valence-corrected chi connectivity index (χ0v) is 12.8. The van der Waals surface area contributed by atoms with Gasteiger partial charge in [-0.2, -0.15) is 0 Å². The molecule has 0 aliphatic carbocycles. The molecular weight excluding hydrogens is 278 g/mol. The molecular formula is C14H20ClN3O2. The van der Waals surface area contributed by atoms with Gasteiger partial charge in [-0.05, 0) is 32.9 Å². The molecule has 2 heterocycles. The molecule has 5 nitrogen and oxygen atoms in total. The molecule has 0 unspecified atom stereocenters. The third kappa shape index (κ3) is 3.22. The first-order valence-electron chi connectivity index (χ1n) is 6.69. The van der Waals surface area contributed by atoms with Crippen molar-refractivity contribution >= 4 is 23.4 Å². The molecule has 2 rings (SSSR count). The predicted octanol–water partition coefficient (Wildman–Crippen LogP) is 2.35. The molecule has 0 bridgehead atoms. The highest BCUT2D eigenvalue weighted by atomic mass is 35.5. The van der Waals surface area contributed by atoms with Crippen LogP contribution in [0.4, 0.5) is 5.82 Å². The van der Waals surface area contributed by atoms with E-state index in [1.54, 1.807) is 0 Å². The standard InChI is InChI=1S/C14H20ClN3O2/c1-14(2,3)18-8-6-17(7-9-18)12-10(13(19)20)4-5-11(15)16-12/h4-5H,6-9H2,1-3H3,(H,19,20). The molecule has 110 valence electrons. The Morgan fingerprint density at radius 1 is 1.25 bits per heavy atom. The van der Waals surface area contributed by atoms with E-state index >= 15 is 0 Å². The number of anilines is 1. The normalized spacial score (nSPS) is 17.3. The van der Waals surface area contributed by atoms with Crippen molar-refractivity contribution in [2.75, 3.05) is 31.1 Å². The van der Waals surface area contributed by atoms with E-state index in [-0.39, 0.29) is 11.1 Å². The smallest absolute Gasteiger partial charge is 0.339 e. The average molecular weight is 298 g/mol. The van der Waals surface area contributed by atoms with Crippen LogP contribution >= 0.6 is 11.6 Å². The molecule has 20 heavy (non-hydrogen) atoms. The molecule has 1 aliphatic heterocycles. The van der Waals surface area contributed by atoms with Crippen LogP contribution in [0, 0.1) is 0 Å². The molecule has 1 N–H and O–H groups in total. The lowest BCUT2D eigenvalue weighted by atomic mass is 10.0. The maximum Gasteiger partial charge on any atom is 0.339 e. The van der Waals surface area contributed by atoms with Crippen LogP contribution in [0.25, 0.3) is 0 Å². The van der Waals surface area contributed by atoms with E-state index in [0.717, 1.165) is 26.2 Å². The summed E-state index contributed by atoms with van der Waals surface area (Å²) in [6.45, 7) is 9.83. The molecule has 0 radical (unpaired) electrons. The molecule has 1 fully saturated rings. The summed E-state index contributed by atoms with van der Waals surface area (Å²) in [6, 6.07) is 3.03. The summed E-state index contributed by atoms with van der Waals surface area (Å²) in [4.78, 5) is 19.9. The average Bonchev–Trinajstić information content (AvgIpc) is 2.37. The molecule has 1 aromatic rings.